The van der Waals surface area contributed by atoms with Crippen LogP contribution in [0.2, 0.25) is 0 Å². The molecule has 0 spiro atoms. The van der Waals surface area contributed by atoms with Crippen molar-refractivity contribution in [1.82, 2.24) is 24.8 Å². The van der Waals surface area contributed by atoms with Crippen LogP contribution in [0.3, 0.4) is 0 Å². The van der Waals surface area contributed by atoms with E-state index in [9.17, 15) is 4.79 Å². The van der Waals surface area contributed by atoms with E-state index in [1.165, 1.54) is 0 Å². The Balaban J connectivity index is 1.43. The van der Waals surface area contributed by atoms with E-state index in [2.05, 4.69) is 10.3 Å². The van der Waals surface area contributed by atoms with E-state index in [0.717, 1.165) is 35.7 Å². The van der Waals surface area contributed by atoms with Crippen LogP contribution < -0.4 is 5.32 Å². The predicted octanol–water partition coefficient (Wildman–Crippen LogP) is 2.26. The highest BCUT2D eigenvalue weighted by Gasteiger charge is 2.30. The Labute approximate surface area is 139 Å². The molecular formula is C17H19N5O2. The van der Waals surface area contributed by atoms with Crippen LogP contribution in [0.1, 0.15) is 23.9 Å². The maximum atomic E-state index is 12.3. The van der Waals surface area contributed by atoms with E-state index in [1.54, 1.807) is 12.5 Å². The molecule has 1 N–H and O–H groups in total. The van der Waals surface area contributed by atoms with Gasteiger partial charge in [0.05, 0.1) is 12.8 Å². The van der Waals surface area contributed by atoms with Crippen molar-refractivity contribution in [2.24, 2.45) is 7.05 Å². The molecule has 0 saturated carbocycles. The number of rotatable bonds is 3. The number of fused-ring (bicyclic) bond motifs is 1. The lowest BCUT2D eigenvalue weighted by molar-refractivity contribution is 0.206. The first kappa shape index (κ1) is 14.7. The fourth-order valence-corrected chi connectivity index (χ4v) is 3.25. The van der Waals surface area contributed by atoms with Crippen molar-refractivity contribution in [3.05, 3.63) is 48.3 Å². The zero-order valence-corrected chi connectivity index (χ0v) is 13.5. The SMILES string of the molecule is Cn1c([C@H]2CCN(C(=O)NCc3ccco3)C2)nc2cccnc21. The summed E-state index contributed by atoms with van der Waals surface area (Å²) < 4.78 is 7.26. The standard InChI is InChI=1S/C17H19N5O2/c1-21-15(20-14-5-2-7-18-16(14)21)12-6-8-22(11-12)17(23)19-10-13-4-3-9-24-13/h2-5,7,9,12H,6,8,10-11H2,1H3,(H,19,23)/t12-/m0/s1. The minimum atomic E-state index is -0.0641. The number of likely N-dealkylation sites (tertiary alicyclic amines) is 1. The number of carbonyl (C=O) groups is 1. The number of amides is 2. The van der Waals surface area contributed by atoms with Crippen LogP contribution in [0.15, 0.2) is 41.1 Å². The molecule has 3 aromatic heterocycles. The first-order chi connectivity index (χ1) is 11.7. The lowest BCUT2D eigenvalue weighted by Gasteiger charge is -2.17. The lowest BCUT2D eigenvalue weighted by Crippen LogP contribution is -2.38. The molecule has 24 heavy (non-hydrogen) atoms. The first-order valence-electron chi connectivity index (χ1n) is 8.05. The maximum absolute atomic E-state index is 12.3. The van der Waals surface area contributed by atoms with E-state index < -0.39 is 0 Å². The second-order valence-electron chi connectivity index (χ2n) is 6.04. The highest BCUT2D eigenvalue weighted by Crippen LogP contribution is 2.28. The zero-order valence-electron chi connectivity index (χ0n) is 13.5. The topological polar surface area (TPSA) is 76.2 Å². The zero-order chi connectivity index (χ0) is 16.5. The second kappa shape index (κ2) is 5.99. The Morgan fingerprint density at radius 1 is 1.42 bits per heavy atom. The molecule has 1 aliphatic rings. The van der Waals surface area contributed by atoms with Crippen LogP contribution in [-0.4, -0.2) is 38.6 Å². The molecule has 7 nitrogen and oxygen atoms in total. The van der Waals surface area contributed by atoms with Crippen molar-refractivity contribution in [2.75, 3.05) is 13.1 Å². The van der Waals surface area contributed by atoms with Gasteiger partial charge in [0.15, 0.2) is 5.65 Å². The van der Waals surface area contributed by atoms with Crippen LogP contribution in [0.25, 0.3) is 11.2 Å². The van der Waals surface area contributed by atoms with Gasteiger partial charge in [-0.2, -0.15) is 0 Å². The fraction of sp³-hybridized carbons (Fsp3) is 0.353. The van der Waals surface area contributed by atoms with Gasteiger partial charge in [0.1, 0.15) is 17.1 Å². The molecule has 0 aliphatic carbocycles. The highest BCUT2D eigenvalue weighted by atomic mass is 16.3. The van der Waals surface area contributed by atoms with Crippen molar-refractivity contribution < 1.29 is 9.21 Å². The Bertz CT molecular complexity index is 855. The van der Waals surface area contributed by atoms with Gasteiger partial charge in [0.2, 0.25) is 0 Å². The van der Waals surface area contributed by atoms with Crippen LogP contribution in [-0.2, 0) is 13.6 Å². The van der Waals surface area contributed by atoms with Gasteiger partial charge in [-0.3, -0.25) is 0 Å². The number of hydrogen-bond acceptors (Lipinski definition) is 4. The molecule has 1 atom stereocenters. The lowest BCUT2D eigenvalue weighted by atomic mass is 10.1. The molecule has 2 amide bonds. The number of imidazole rings is 1. The van der Waals surface area contributed by atoms with Crippen LogP contribution in [0.4, 0.5) is 4.79 Å². The van der Waals surface area contributed by atoms with Crippen LogP contribution >= 0.6 is 0 Å². The minimum absolute atomic E-state index is 0.0641. The number of nitrogens with zero attached hydrogens (tertiary/aromatic N) is 4. The summed E-state index contributed by atoms with van der Waals surface area (Å²) in [5, 5.41) is 2.89. The summed E-state index contributed by atoms with van der Waals surface area (Å²) in [4.78, 5) is 23.2. The van der Waals surface area contributed by atoms with E-state index >= 15 is 0 Å². The molecule has 7 heteroatoms. The molecule has 0 aromatic carbocycles. The monoisotopic (exact) mass is 325 g/mol. The Hall–Kier alpha value is -2.83. The summed E-state index contributed by atoms with van der Waals surface area (Å²) in [6.07, 6.45) is 4.29. The number of nitrogens with one attached hydrogen (secondary N) is 1. The number of carbonyl (C=O) groups excluding carboxylic acids is 1. The maximum Gasteiger partial charge on any atom is 0.317 e. The van der Waals surface area contributed by atoms with Crippen molar-refractivity contribution in [3.8, 4) is 0 Å². The van der Waals surface area contributed by atoms with Gasteiger partial charge in [-0.05, 0) is 30.7 Å². The van der Waals surface area contributed by atoms with Crippen molar-refractivity contribution in [3.63, 3.8) is 0 Å². The summed E-state index contributed by atoms with van der Waals surface area (Å²) in [6, 6.07) is 7.45. The van der Waals surface area contributed by atoms with Gasteiger partial charge in [0, 0.05) is 32.3 Å². The molecule has 1 fully saturated rings. The average Bonchev–Trinajstić information content (AvgIpc) is 3.33. The Morgan fingerprint density at radius 3 is 3.12 bits per heavy atom. The van der Waals surface area contributed by atoms with Crippen molar-refractivity contribution in [1.29, 1.82) is 0 Å². The molecule has 0 bridgehead atoms. The van der Waals surface area contributed by atoms with Crippen molar-refractivity contribution in [2.45, 2.75) is 18.9 Å². The van der Waals surface area contributed by atoms with Crippen LogP contribution in [0, 0.1) is 0 Å². The van der Waals surface area contributed by atoms with E-state index in [-0.39, 0.29) is 11.9 Å². The summed E-state index contributed by atoms with van der Waals surface area (Å²) in [6.45, 7) is 1.80. The Kier molecular flexibility index (Phi) is 3.68. The van der Waals surface area contributed by atoms with Gasteiger partial charge in [-0.25, -0.2) is 14.8 Å². The van der Waals surface area contributed by atoms with E-state index in [0.29, 0.717) is 13.1 Å². The molecule has 0 unspecified atom stereocenters. The fourth-order valence-electron chi connectivity index (χ4n) is 3.25. The summed E-state index contributed by atoms with van der Waals surface area (Å²) >= 11 is 0. The summed E-state index contributed by atoms with van der Waals surface area (Å²) in [7, 11) is 1.98. The third-order valence-electron chi connectivity index (χ3n) is 4.50. The quantitative estimate of drug-likeness (QED) is 0.801. The highest BCUT2D eigenvalue weighted by molar-refractivity contribution is 5.75. The molecule has 3 aromatic rings. The number of pyridine rings is 1. The van der Waals surface area contributed by atoms with Crippen LogP contribution in [0.5, 0.6) is 0 Å². The number of aryl methyl sites for hydroxylation is 1. The van der Waals surface area contributed by atoms with Gasteiger partial charge >= 0.3 is 6.03 Å². The third kappa shape index (κ3) is 2.62. The number of furan rings is 1. The molecule has 4 heterocycles. The predicted molar refractivity (Wildman–Crippen MR) is 88.4 cm³/mol. The summed E-state index contributed by atoms with van der Waals surface area (Å²) in [5.41, 5.74) is 1.78. The molecule has 4 rings (SSSR count). The second-order valence-corrected chi connectivity index (χ2v) is 6.04. The number of urea groups is 1. The molecule has 124 valence electrons. The number of hydrogen-bond donors (Lipinski definition) is 1. The summed E-state index contributed by atoms with van der Waals surface area (Å²) in [5.74, 6) is 1.98. The number of aromatic nitrogens is 3. The molecule has 1 aliphatic heterocycles. The van der Waals surface area contributed by atoms with Crippen molar-refractivity contribution >= 4 is 17.2 Å². The van der Waals surface area contributed by atoms with Gasteiger partial charge in [-0.1, -0.05) is 0 Å². The van der Waals surface area contributed by atoms with E-state index in [1.807, 2.05) is 40.8 Å². The normalized spacial score (nSPS) is 17.5. The minimum Gasteiger partial charge on any atom is -0.467 e. The van der Waals surface area contributed by atoms with Gasteiger partial charge < -0.3 is 19.2 Å². The Morgan fingerprint density at radius 2 is 2.33 bits per heavy atom. The third-order valence-corrected chi connectivity index (χ3v) is 4.50. The largest absolute Gasteiger partial charge is 0.467 e. The average molecular weight is 325 g/mol. The van der Waals surface area contributed by atoms with Gasteiger partial charge in [-0.15, -0.1) is 0 Å². The van der Waals surface area contributed by atoms with E-state index in [4.69, 9.17) is 9.40 Å². The molecule has 1 saturated heterocycles. The molecular weight excluding hydrogens is 306 g/mol. The smallest absolute Gasteiger partial charge is 0.317 e. The first-order valence-corrected chi connectivity index (χ1v) is 8.05. The molecule has 0 radical (unpaired) electrons. The van der Waals surface area contributed by atoms with Gasteiger partial charge in [0.25, 0.3) is 0 Å².